The van der Waals surface area contributed by atoms with Crippen LogP contribution in [0.15, 0.2) is 28.2 Å². The Morgan fingerprint density at radius 3 is 2.94 bits per heavy atom. The van der Waals surface area contributed by atoms with Crippen LogP contribution in [-0.2, 0) is 4.79 Å². The number of nitrogens with one attached hydrogen (secondary N) is 1. The summed E-state index contributed by atoms with van der Waals surface area (Å²) in [5, 5.41) is 0.834. The molecule has 1 heterocycles. The average Bonchev–Trinajstić information content (AvgIpc) is 2.27. The maximum Gasteiger partial charge on any atom is 0.259 e. The van der Waals surface area contributed by atoms with Crippen LogP contribution >= 0.6 is 23.4 Å². The molecule has 5 nitrogen and oxygen atoms in total. The molecule has 0 aliphatic carbocycles. The van der Waals surface area contributed by atoms with Crippen LogP contribution in [-0.4, -0.2) is 21.1 Å². The minimum atomic E-state index is -0.468. The number of thioether (sulfide) groups is 1. The summed E-state index contributed by atoms with van der Waals surface area (Å²) in [6.45, 7) is 1.65. The number of H-pyrrole nitrogens is 1. The van der Waals surface area contributed by atoms with E-state index in [1.807, 2.05) is 0 Å². The molecule has 0 radical (unpaired) electrons. The molecule has 1 aromatic heterocycles. The number of aromatic nitrogens is 2. The minimum Gasteiger partial charge on any atom is -0.369 e. The molecule has 1 aromatic carbocycles. The zero-order chi connectivity index (χ0) is 13.3. The van der Waals surface area contributed by atoms with Crippen molar-refractivity contribution < 1.29 is 4.79 Å². The first-order valence-corrected chi connectivity index (χ1v) is 6.38. The third-order valence-electron chi connectivity index (χ3n) is 2.34. The lowest BCUT2D eigenvalue weighted by Gasteiger charge is -2.06. The molecule has 0 aliphatic rings. The fourth-order valence-corrected chi connectivity index (χ4v) is 2.29. The van der Waals surface area contributed by atoms with Gasteiger partial charge in [0.15, 0.2) is 5.16 Å². The third-order valence-corrected chi connectivity index (χ3v) is 3.57. The summed E-state index contributed by atoms with van der Waals surface area (Å²) in [5.74, 6) is -0.464. The lowest BCUT2D eigenvalue weighted by atomic mass is 10.2. The van der Waals surface area contributed by atoms with Gasteiger partial charge in [-0.05, 0) is 25.1 Å². The molecule has 2 aromatic rings. The minimum absolute atomic E-state index is 0.268. The Kier molecular flexibility index (Phi) is 3.58. The third kappa shape index (κ3) is 2.65. The van der Waals surface area contributed by atoms with Crippen LogP contribution in [0, 0.1) is 0 Å². The molecule has 0 bridgehead atoms. The Bertz CT molecular complexity index is 671. The molecule has 0 aliphatic heterocycles. The molecule has 18 heavy (non-hydrogen) atoms. The van der Waals surface area contributed by atoms with Crippen molar-refractivity contribution in [2.75, 3.05) is 0 Å². The molecular formula is C11H10ClN3O2S. The van der Waals surface area contributed by atoms with E-state index >= 15 is 0 Å². The van der Waals surface area contributed by atoms with Crippen LogP contribution in [0.4, 0.5) is 0 Å². The van der Waals surface area contributed by atoms with Crippen molar-refractivity contribution in [1.29, 1.82) is 0 Å². The molecule has 0 spiro atoms. The van der Waals surface area contributed by atoms with E-state index in [9.17, 15) is 9.59 Å². The number of hydrogen-bond donors (Lipinski definition) is 2. The molecule has 1 atom stereocenters. The molecule has 3 N–H and O–H groups in total. The first-order valence-electron chi connectivity index (χ1n) is 5.13. The molecule has 7 heteroatoms. The zero-order valence-corrected chi connectivity index (χ0v) is 11.0. The van der Waals surface area contributed by atoms with E-state index < -0.39 is 11.2 Å². The van der Waals surface area contributed by atoms with Crippen LogP contribution < -0.4 is 11.3 Å². The SMILES string of the molecule is C[C@H](Sc1nc2cc(Cl)ccc2c(=O)[nH]1)C(N)=O. The van der Waals surface area contributed by atoms with E-state index in [2.05, 4.69) is 9.97 Å². The average molecular weight is 284 g/mol. The molecule has 2 rings (SSSR count). The van der Waals surface area contributed by atoms with Gasteiger partial charge in [-0.1, -0.05) is 23.4 Å². The second-order valence-corrected chi connectivity index (χ2v) is 5.46. The van der Waals surface area contributed by atoms with Crippen LogP contribution in [0.3, 0.4) is 0 Å². The number of carbonyl (C=O) groups excluding carboxylic acids is 1. The van der Waals surface area contributed by atoms with Crippen molar-refractivity contribution in [2.45, 2.75) is 17.3 Å². The summed E-state index contributed by atoms with van der Waals surface area (Å²) in [6.07, 6.45) is 0. The van der Waals surface area contributed by atoms with Crippen LogP contribution in [0.2, 0.25) is 5.02 Å². The van der Waals surface area contributed by atoms with E-state index in [4.69, 9.17) is 17.3 Å². The number of nitrogens with zero attached hydrogens (tertiary/aromatic N) is 1. The number of amides is 1. The highest BCUT2D eigenvalue weighted by molar-refractivity contribution is 8.00. The summed E-state index contributed by atoms with van der Waals surface area (Å²) in [7, 11) is 0. The van der Waals surface area contributed by atoms with Gasteiger partial charge in [0.1, 0.15) is 0 Å². The van der Waals surface area contributed by atoms with Gasteiger partial charge < -0.3 is 10.7 Å². The van der Waals surface area contributed by atoms with Gasteiger partial charge in [-0.25, -0.2) is 4.98 Å². The van der Waals surface area contributed by atoms with Crippen molar-refractivity contribution >= 4 is 40.2 Å². The van der Waals surface area contributed by atoms with Gasteiger partial charge >= 0.3 is 0 Å². The Balaban J connectivity index is 2.48. The maximum atomic E-state index is 11.8. The number of primary amides is 1. The van der Waals surface area contributed by atoms with E-state index in [0.29, 0.717) is 21.1 Å². The zero-order valence-electron chi connectivity index (χ0n) is 9.44. The second kappa shape index (κ2) is 4.99. The normalized spacial score (nSPS) is 12.6. The molecule has 94 valence electrons. The van der Waals surface area contributed by atoms with Gasteiger partial charge in [0.2, 0.25) is 5.91 Å². The summed E-state index contributed by atoms with van der Waals surface area (Å²) in [6, 6.07) is 4.83. The molecular weight excluding hydrogens is 274 g/mol. The Hall–Kier alpha value is -1.53. The Morgan fingerprint density at radius 2 is 2.28 bits per heavy atom. The fraction of sp³-hybridized carbons (Fsp3) is 0.182. The number of fused-ring (bicyclic) bond motifs is 1. The summed E-state index contributed by atoms with van der Waals surface area (Å²) >= 11 is 6.95. The lowest BCUT2D eigenvalue weighted by Crippen LogP contribution is -2.23. The number of carbonyl (C=O) groups is 1. The first kappa shape index (κ1) is 12.9. The monoisotopic (exact) mass is 283 g/mol. The van der Waals surface area contributed by atoms with E-state index in [1.54, 1.807) is 25.1 Å². The number of rotatable bonds is 3. The number of hydrogen-bond acceptors (Lipinski definition) is 4. The van der Waals surface area contributed by atoms with Crippen LogP contribution in [0.25, 0.3) is 10.9 Å². The smallest absolute Gasteiger partial charge is 0.259 e. The van der Waals surface area contributed by atoms with E-state index in [1.165, 1.54) is 0 Å². The predicted octanol–water partition coefficient (Wildman–Crippen LogP) is 1.54. The highest BCUT2D eigenvalue weighted by atomic mass is 35.5. The van der Waals surface area contributed by atoms with Crippen molar-refractivity contribution in [3.8, 4) is 0 Å². The topological polar surface area (TPSA) is 88.8 Å². The van der Waals surface area contributed by atoms with Crippen molar-refractivity contribution in [3.05, 3.63) is 33.6 Å². The molecule has 0 saturated carbocycles. The van der Waals surface area contributed by atoms with E-state index in [0.717, 1.165) is 11.8 Å². The maximum absolute atomic E-state index is 11.8. The predicted molar refractivity (Wildman–Crippen MR) is 71.9 cm³/mol. The van der Waals surface area contributed by atoms with Crippen LogP contribution in [0.1, 0.15) is 6.92 Å². The second-order valence-electron chi connectivity index (χ2n) is 3.69. The van der Waals surface area contributed by atoms with Crippen LogP contribution in [0.5, 0.6) is 0 Å². The van der Waals surface area contributed by atoms with Gasteiger partial charge in [0, 0.05) is 5.02 Å². The lowest BCUT2D eigenvalue weighted by molar-refractivity contribution is -0.117. The van der Waals surface area contributed by atoms with Gasteiger partial charge in [0.05, 0.1) is 16.2 Å². The fourth-order valence-electron chi connectivity index (χ4n) is 1.37. The number of nitrogens with two attached hydrogens (primary N) is 1. The number of halogens is 1. The molecule has 0 fully saturated rings. The highest BCUT2D eigenvalue weighted by Gasteiger charge is 2.13. The number of aromatic amines is 1. The standard InChI is InChI=1S/C11H10ClN3O2S/c1-5(9(13)16)18-11-14-8-4-6(12)2-3-7(8)10(17)15-11/h2-5H,1H3,(H2,13,16)(H,14,15,17)/t5-/m0/s1. The molecule has 1 amide bonds. The van der Waals surface area contributed by atoms with Crippen molar-refractivity contribution in [3.63, 3.8) is 0 Å². The Morgan fingerprint density at radius 1 is 1.56 bits per heavy atom. The highest BCUT2D eigenvalue weighted by Crippen LogP contribution is 2.21. The summed E-state index contributed by atoms with van der Waals surface area (Å²) in [4.78, 5) is 29.6. The van der Waals surface area contributed by atoms with E-state index in [-0.39, 0.29) is 5.56 Å². The van der Waals surface area contributed by atoms with Gasteiger partial charge in [-0.15, -0.1) is 0 Å². The largest absolute Gasteiger partial charge is 0.369 e. The van der Waals surface area contributed by atoms with Gasteiger partial charge in [-0.3, -0.25) is 9.59 Å². The summed E-state index contributed by atoms with van der Waals surface area (Å²) < 4.78 is 0. The summed E-state index contributed by atoms with van der Waals surface area (Å²) in [5.41, 5.74) is 5.38. The first-order chi connectivity index (χ1) is 8.47. The molecule has 0 unspecified atom stereocenters. The Labute approximate surface area is 112 Å². The number of benzene rings is 1. The molecule has 0 saturated heterocycles. The van der Waals surface area contributed by atoms with Crippen molar-refractivity contribution in [2.24, 2.45) is 5.73 Å². The quantitative estimate of drug-likeness (QED) is 0.660. The van der Waals surface area contributed by atoms with Gasteiger partial charge in [-0.2, -0.15) is 0 Å². The van der Waals surface area contributed by atoms with Gasteiger partial charge in [0.25, 0.3) is 5.56 Å². The van der Waals surface area contributed by atoms with Crippen molar-refractivity contribution in [1.82, 2.24) is 9.97 Å².